The zero-order valence-corrected chi connectivity index (χ0v) is 12.0. The van der Waals surface area contributed by atoms with Crippen molar-refractivity contribution in [3.63, 3.8) is 0 Å². The third-order valence-electron chi connectivity index (χ3n) is 2.79. The normalized spacial score (nSPS) is 10.2. The Morgan fingerprint density at radius 2 is 2.00 bits per heavy atom. The lowest BCUT2D eigenvalue weighted by Gasteiger charge is -2.09. The van der Waals surface area contributed by atoms with E-state index in [1.165, 1.54) is 0 Å². The predicted molar refractivity (Wildman–Crippen MR) is 79.3 cm³/mol. The molecule has 0 saturated heterocycles. The number of nitrogens with one attached hydrogen (secondary N) is 1. The summed E-state index contributed by atoms with van der Waals surface area (Å²) >= 11 is 3.40. The van der Waals surface area contributed by atoms with Crippen LogP contribution in [0.15, 0.2) is 46.9 Å². The van der Waals surface area contributed by atoms with E-state index in [9.17, 15) is 10.1 Å². The van der Waals surface area contributed by atoms with Gasteiger partial charge in [-0.05, 0) is 30.7 Å². The molecule has 0 aromatic heterocycles. The van der Waals surface area contributed by atoms with E-state index in [-0.39, 0.29) is 10.6 Å². The van der Waals surface area contributed by atoms with Gasteiger partial charge in [0.15, 0.2) is 0 Å². The van der Waals surface area contributed by atoms with E-state index in [0.717, 1.165) is 10.0 Å². The lowest BCUT2D eigenvalue weighted by Crippen LogP contribution is -2.03. The number of nitrogens with zero attached hydrogens (tertiary/aromatic N) is 1. The van der Waals surface area contributed by atoms with Crippen molar-refractivity contribution in [2.45, 2.75) is 13.5 Å². The van der Waals surface area contributed by atoms with Gasteiger partial charge in [-0.2, -0.15) is 0 Å². The fourth-order valence-electron chi connectivity index (χ4n) is 1.89. The largest absolute Gasteiger partial charge is 0.375 e. The SMILES string of the molecule is Cc1cccc(NCc2cccc(Br)c2)c1[N+](=O)[O-]. The maximum absolute atomic E-state index is 11.1. The topological polar surface area (TPSA) is 55.2 Å². The minimum absolute atomic E-state index is 0.137. The van der Waals surface area contributed by atoms with Gasteiger partial charge in [0.1, 0.15) is 5.69 Å². The quantitative estimate of drug-likeness (QED) is 0.675. The van der Waals surface area contributed by atoms with Gasteiger partial charge in [-0.25, -0.2) is 0 Å². The predicted octanol–water partition coefficient (Wildman–Crippen LogP) is 4.28. The lowest BCUT2D eigenvalue weighted by molar-refractivity contribution is -0.384. The first-order chi connectivity index (χ1) is 9.08. The maximum atomic E-state index is 11.1. The number of para-hydroxylation sites is 1. The average molecular weight is 321 g/mol. The standard InChI is InChI=1S/C14H13BrN2O2/c1-10-4-2-7-13(14(10)17(18)19)16-9-11-5-3-6-12(15)8-11/h2-8,16H,9H2,1H3. The minimum Gasteiger partial charge on any atom is -0.375 e. The number of hydrogen-bond acceptors (Lipinski definition) is 3. The van der Waals surface area contributed by atoms with Gasteiger partial charge in [0.05, 0.1) is 4.92 Å². The molecule has 0 radical (unpaired) electrons. The van der Waals surface area contributed by atoms with Crippen LogP contribution in [0.1, 0.15) is 11.1 Å². The Hall–Kier alpha value is -1.88. The van der Waals surface area contributed by atoms with Crippen molar-refractivity contribution in [1.82, 2.24) is 0 Å². The van der Waals surface area contributed by atoms with E-state index in [1.807, 2.05) is 30.3 Å². The van der Waals surface area contributed by atoms with E-state index in [1.54, 1.807) is 19.1 Å². The number of nitro benzene ring substituents is 1. The number of benzene rings is 2. The first-order valence-electron chi connectivity index (χ1n) is 5.80. The molecule has 4 nitrogen and oxygen atoms in total. The van der Waals surface area contributed by atoms with Gasteiger partial charge in [-0.1, -0.05) is 40.2 Å². The highest BCUT2D eigenvalue weighted by Crippen LogP contribution is 2.28. The van der Waals surface area contributed by atoms with Crippen LogP contribution in [0.5, 0.6) is 0 Å². The first kappa shape index (κ1) is 13.5. The molecule has 0 aliphatic carbocycles. The summed E-state index contributed by atoms with van der Waals surface area (Å²) in [6.45, 7) is 2.28. The number of anilines is 1. The molecule has 0 spiro atoms. The highest BCUT2D eigenvalue weighted by atomic mass is 79.9. The van der Waals surface area contributed by atoms with Crippen molar-refractivity contribution >= 4 is 27.3 Å². The summed E-state index contributed by atoms with van der Waals surface area (Å²) in [5.74, 6) is 0. The molecule has 0 saturated carbocycles. The summed E-state index contributed by atoms with van der Waals surface area (Å²) in [5.41, 5.74) is 2.40. The Bertz CT molecular complexity index is 614. The number of nitro groups is 1. The molecule has 0 fully saturated rings. The molecule has 98 valence electrons. The highest BCUT2D eigenvalue weighted by Gasteiger charge is 2.16. The Morgan fingerprint density at radius 1 is 1.26 bits per heavy atom. The number of halogens is 1. The van der Waals surface area contributed by atoms with Crippen LogP contribution < -0.4 is 5.32 Å². The van der Waals surface area contributed by atoms with Crippen LogP contribution in [0.4, 0.5) is 11.4 Å². The second kappa shape index (κ2) is 5.84. The summed E-state index contributed by atoms with van der Waals surface area (Å²) in [5, 5.41) is 14.2. The van der Waals surface area contributed by atoms with Gasteiger partial charge in [-0.3, -0.25) is 10.1 Å². The van der Waals surface area contributed by atoms with Crippen LogP contribution in [0, 0.1) is 17.0 Å². The Morgan fingerprint density at radius 3 is 2.68 bits per heavy atom. The van der Waals surface area contributed by atoms with Gasteiger partial charge in [0.2, 0.25) is 0 Å². The van der Waals surface area contributed by atoms with Crippen molar-refractivity contribution in [1.29, 1.82) is 0 Å². The van der Waals surface area contributed by atoms with E-state index in [4.69, 9.17) is 0 Å². The number of hydrogen-bond donors (Lipinski definition) is 1. The van der Waals surface area contributed by atoms with Crippen LogP contribution in [-0.2, 0) is 6.54 Å². The van der Waals surface area contributed by atoms with Gasteiger partial charge in [0, 0.05) is 16.6 Å². The van der Waals surface area contributed by atoms with Crippen molar-refractivity contribution in [2.75, 3.05) is 5.32 Å². The molecule has 0 atom stereocenters. The van der Waals surface area contributed by atoms with Gasteiger partial charge in [0.25, 0.3) is 5.69 Å². The van der Waals surface area contributed by atoms with Crippen molar-refractivity contribution < 1.29 is 4.92 Å². The smallest absolute Gasteiger partial charge is 0.295 e. The summed E-state index contributed by atoms with van der Waals surface area (Å²) in [6.07, 6.45) is 0. The molecule has 2 aromatic rings. The number of aryl methyl sites for hydroxylation is 1. The van der Waals surface area contributed by atoms with E-state index in [2.05, 4.69) is 21.2 Å². The summed E-state index contributed by atoms with van der Waals surface area (Å²) in [7, 11) is 0. The molecule has 5 heteroatoms. The average Bonchev–Trinajstić information content (AvgIpc) is 2.36. The fourth-order valence-corrected chi connectivity index (χ4v) is 2.33. The maximum Gasteiger partial charge on any atom is 0.295 e. The monoisotopic (exact) mass is 320 g/mol. The molecule has 0 heterocycles. The van der Waals surface area contributed by atoms with Gasteiger partial charge < -0.3 is 5.32 Å². The van der Waals surface area contributed by atoms with E-state index >= 15 is 0 Å². The molecule has 0 aliphatic heterocycles. The molecule has 0 bridgehead atoms. The second-order valence-electron chi connectivity index (χ2n) is 4.21. The first-order valence-corrected chi connectivity index (χ1v) is 6.59. The minimum atomic E-state index is -0.349. The van der Waals surface area contributed by atoms with Crippen LogP contribution in [0.2, 0.25) is 0 Å². The second-order valence-corrected chi connectivity index (χ2v) is 5.13. The van der Waals surface area contributed by atoms with Crippen molar-refractivity contribution in [3.05, 3.63) is 68.2 Å². The van der Waals surface area contributed by atoms with Gasteiger partial charge in [-0.15, -0.1) is 0 Å². The third kappa shape index (κ3) is 3.32. The molecular formula is C14H13BrN2O2. The lowest BCUT2D eigenvalue weighted by atomic mass is 10.1. The van der Waals surface area contributed by atoms with Crippen LogP contribution in [-0.4, -0.2) is 4.92 Å². The zero-order chi connectivity index (χ0) is 13.8. The van der Waals surface area contributed by atoms with Gasteiger partial charge >= 0.3 is 0 Å². The summed E-state index contributed by atoms with van der Waals surface area (Å²) in [6, 6.07) is 13.1. The van der Waals surface area contributed by atoms with Crippen LogP contribution in [0.3, 0.4) is 0 Å². The number of rotatable bonds is 4. The molecular weight excluding hydrogens is 308 g/mol. The Balaban J connectivity index is 2.20. The molecule has 0 unspecified atom stereocenters. The van der Waals surface area contributed by atoms with Crippen molar-refractivity contribution in [2.24, 2.45) is 0 Å². The molecule has 19 heavy (non-hydrogen) atoms. The highest BCUT2D eigenvalue weighted by molar-refractivity contribution is 9.10. The zero-order valence-electron chi connectivity index (χ0n) is 10.4. The fraction of sp³-hybridized carbons (Fsp3) is 0.143. The summed E-state index contributed by atoms with van der Waals surface area (Å²) in [4.78, 5) is 10.7. The molecule has 2 aromatic carbocycles. The molecule has 1 N–H and O–H groups in total. The Kier molecular flexibility index (Phi) is 4.16. The Labute approximate surface area is 119 Å². The molecule has 0 amide bonds. The summed E-state index contributed by atoms with van der Waals surface area (Å²) < 4.78 is 0.991. The van der Waals surface area contributed by atoms with E-state index < -0.39 is 0 Å². The third-order valence-corrected chi connectivity index (χ3v) is 3.29. The van der Waals surface area contributed by atoms with Crippen LogP contribution >= 0.6 is 15.9 Å². The molecule has 0 aliphatic rings. The molecule has 2 rings (SSSR count). The van der Waals surface area contributed by atoms with E-state index in [0.29, 0.717) is 17.8 Å². The van der Waals surface area contributed by atoms with Crippen molar-refractivity contribution in [3.8, 4) is 0 Å². The van der Waals surface area contributed by atoms with Crippen LogP contribution in [0.25, 0.3) is 0 Å².